The van der Waals surface area contributed by atoms with Gasteiger partial charge in [-0.3, -0.25) is 4.90 Å². The summed E-state index contributed by atoms with van der Waals surface area (Å²) in [5.74, 6) is -9.24. The molecular formula is C14H17Cl2F5N2. The SMILES string of the molecule is Cl.Cl.Fc1c(F)c(F)c([C@@H](C2CC2)N2CCNCC2)c(F)c1F. The van der Waals surface area contributed by atoms with Crippen molar-refractivity contribution < 1.29 is 22.0 Å². The van der Waals surface area contributed by atoms with Crippen molar-refractivity contribution in [1.29, 1.82) is 0 Å². The van der Waals surface area contributed by atoms with Gasteiger partial charge in [-0.2, -0.15) is 0 Å². The molecule has 2 nitrogen and oxygen atoms in total. The van der Waals surface area contributed by atoms with Gasteiger partial charge in [0.25, 0.3) is 0 Å². The molecule has 1 aromatic carbocycles. The van der Waals surface area contributed by atoms with Crippen LogP contribution < -0.4 is 5.32 Å². The molecule has 0 unspecified atom stereocenters. The Morgan fingerprint density at radius 3 is 1.65 bits per heavy atom. The van der Waals surface area contributed by atoms with E-state index in [1.807, 2.05) is 4.90 Å². The number of hydrogen-bond acceptors (Lipinski definition) is 2. The maximum Gasteiger partial charge on any atom is 0.200 e. The van der Waals surface area contributed by atoms with Gasteiger partial charge in [0.05, 0.1) is 0 Å². The van der Waals surface area contributed by atoms with Crippen LogP contribution in [0.3, 0.4) is 0 Å². The number of nitrogens with zero attached hydrogens (tertiary/aromatic N) is 1. The molecule has 2 fully saturated rings. The summed E-state index contributed by atoms with van der Waals surface area (Å²) in [6.45, 7) is 2.33. The average Bonchev–Trinajstić information content (AvgIpc) is 3.33. The zero-order chi connectivity index (χ0) is 15.1. The number of piperazine rings is 1. The van der Waals surface area contributed by atoms with Gasteiger partial charge in [-0.05, 0) is 18.8 Å². The van der Waals surface area contributed by atoms with E-state index < -0.39 is 40.7 Å². The highest BCUT2D eigenvalue weighted by atomic mass is 35.5. The molecule has 1 saturated carbocycles. The second kappa shape index (κ2) is 7.96. The molecule has 1 aliphatic carbocycles. The fourth-order valence-corrected chi connectivity index (χ4v) is 2.97. The quantitative estimate of drug-likeness (QED) is 0.491. The number of halogens is 7. The van der Waals surface area contributed by atoms with Crippen molar-refractivity contribution >= 4 is 24.8 Å². The van der Waals surface area contributed by atoms with E-state index in [2.05, 4.69) is 5.32 Å². The van der Waals surface area contributed by atoms with Crippen LogP contribution in [-0.4, -0.2) is 31.1 Å². The van der Waals surface area contributed by atoms with Crippen molar-refractivity contribution in [1.82, 2.24) is 10.2 Å². The lowest BCUT2D eigenvalue weighted by molar-refractivity contribution is 0.146. The molecule has 0 spiro atoms. The van der Waals surface area contributed by atoms with Gasteiger partial charge in [0.2, 0.25) is 5.82 Å². The largest absolute Gasteiger partial charge is 0.314 e. The molecule has 3 rings (SSSR count). The molecule has 23 heavy (non-hydrogen) atoms. The van der Waals surface area contributed by atoms with Crippen LogP contribution in [0.15, 0.2) is 0 Å². The average molecular weight is 379 g/mol. The molecule has 0 aromatic heterocycles. The van der Waals surface area contributed by atoms with E-state index in [1.54, 1.807) is 0 Å². The fraction of sp³-hybridized carbons (Fsp3) is 0.571. The first-order valence-corrected chi connectivity index (χ1v) is 6.98. The van der Waals surface area contributed by atoms with Crippen LogP contribution in [-0.2, 0) is 0 Å². The maximum absolute atomic E-state index is 14.0. The molecule has 1 aliphatic heterocycles. The highest BCUT2D eigenvalue weighted by molar-refractivity contribution is 5.85. The smallest absolute Gasteiger partial charge is 0.200 e. The third-order valence-corrected chi connectivity index (χ3v) is 4.15. The lowest BCUT2D eigenvalue weighted by Gasteiger charge is -2.35. The van der Waals surface area contributed by atoms with E-state index in [9.17, 15) is 22.0 Å². The number of nitrogens with one attached hydrogen (secondary N) is 1. The Hall–Kier alpha value is -0.630. The zero-order valence-corrected chi connectivity index (χ0v) is 13.7. The van der Waals surface area contributed by atoms with E-state index in [4.69, 9.17) is 0 Å². The Bertz CT molecular complexity index is 534. The molecule has 1 N–H and O–H groups in total. The summed E-state index contributed by atoms with van der Waals surface area (Å²) in [7, 11) is 0. The van der Waals surface area contributed by atoms with Crippen molar-refractivity contribution in [2.45, 2.75) is 18.9 Å². The van der Waals surface area contributed by atoms with Gasteiger partial charge < -0.3 is 5.32 Å². The van der Waals surface area contributed by atoms with Gasteiger partial charge in [-0.15, -0.1) is 24.8 Å². The van der Waals surface area contributed by atoms with Crippen LogP contribution in [0.25, 0.3) is 0 Å². The van der Waals surface area contributed by atoms with Gasteiger partial charge in [-0.1, -0.05) is 0 Å². The van der Waals surface area contributed by atoms with Gasteiger partial charge in [0.1, 0.15) is 0 Å². The zero-order valence-electron chi connectivity index (χ0n) is 12.1. The van der Waals surface area contributed by atoms with Crippen molar-refractivity contribution in [2.75, 3.05) is 26.2 Å². The van der Waals surface area contributed by atoms with E-state index >= 15 is 0 Å². The van der Waals surface area contributed by atoms with Gasteiger partial charge in [-0.25, -0.2) is 22.0 Å². The van der Waals surface area contributed by atoms with Gasteiger partial charge in [0, 0.05) is 37.8 Å². The molecule has 1 saturated heterocycles. The highest BCUT2D eigenvalue weighted by Crippen LogP contribution is 2.46. The monoisotopic (exact) mass is 378 g/mol. The van der Waals surface area contributed by atoms with Crippen LogP contribution in [0.2, 0.25) is 0 Å². The molecule has 1 heterocycles. The van der Waals surface area contributed by atoms with Crippen molar-refractivity contribution in [3.63, 3.8) is 0 Å². The minimum Gasteiger partial charge on any atom is -0.314 e. The van der Waals surface area contributed by atoms with Crippen LogP contribution in [0.5, 0.6) is 0 Å². The third kappa shape index (κ3) is 3.73. The summed E-state index contributed by atoms with van der Waals surface area (Å²) in [6.07, 6.45) is 1.49. The van der Waals surface area contributed by atoms with Crippen LogP contribution in [0.1, 0.15) is 24.4 Å². The summed E-state index contributed by atoms with van der Waals surface area (Å²) in [4.78, 5) is 1.81. The molecular weight excluding hydrogens is 362 g/mol. The molecule has 132 valence electrons. The third-order valence-electron chi connectivity index (χ3n) is 4.15. The number of rotatable bonds is 3. The van der Waals surface area contributed by atoms with Crippen LogP contribution >= 0.6 is 24.8 Å². The van der Waals surface area contributed by atoms with Crippen LogP contribution in [0, 0.1) is 35.0 Å². The Labute approximate surface area is 143 Å². The van der Waals surface area contributed by atoms with E-state index in [1.165, 1.54) is 0 Å². The molecule has 2 aliphatic rings. The molecule has 0 bridgehead atoms. The molecule has 1 atom stereocenters. The first-order valence-electron chi connectivity index (χ1n) is 6.98. The normalized spacial score (nSPS) is 19.7. The molecule has 0 amide bonds. The summed E-state index contributed by atoms with van der Waals surface area (Å²) < 4.78 is 68.1. The fourth-order valence-electron chi connectivity index (χ4n) is 2.97. The lowest BCUT2D eigenvalue weighted by Crippen LogP contribution is -2.46. The number of hydrogen-bond donors (Lipinski definition) is 1. The summed E-state index contributed by atoms with van der Waals surface area (Å²) in [5, 5.41) is 3.10. The van der Waals surface area contributed by atoms with Gasteiger partial charge >= 0.3 is 0 Å². The van der Waals surface area contributed by atoms with Gasteiger partial charge in [0.15, 0.2) is 23.3 Å². The van der Waals surface area contributed by atoms with E-state index in [0.717, 1.165) is 12.8 Å². The summed E-state index contributed by atoms with van der Waals surface area (Å²) in [6, 6.07) is -0.739. The second-order valence-corrected chi connectivity index (χ2v) is 5.55. The minimum absolute atomic E-state index is 0. The molecule has 1 aromatic rings. The highest BCUT2D eigenvalue weighted by Gasteiger charge is 2.42. The Kier molecular flexibility index (Phi) is 7.07. The topological polar surface area (TPSA) is 15.3 Å². The second-order valence-electron chi connectivity index (χ2n) is 5.55. The van der Waals surface area contributed by atoms with E-state index in [0.29, 0.717) is 26.2 Å². The first-order chi connectivity index (χ1) is 10.0. The Morgan fingerprint density at radius 2 is 1.22 bits per heavy atom. The maximum atomic E-state index is 14.0. The predicted octanol–water partition coefficient (Wildman–Crippen LogP) is 3.58. The van der Waals surface area contributed by atoms with Crippen LogP contribution in [0.4, 0.5) is 22.0 Å². The minimum atomic E-state index is -2.09. The van der Waals surface area contributed by atoms with E-state index in [-0.39, 0.29) is 30.7 Å². The lowest BCUT2D eigenvalue weighted by atomic mass is 9.97. The Morgan fingerprint density at radius 1 is 0.783 bits per heavy atom. The number of benzene rings is 1. The summed E-state index contributed by atoms with van der Waals surface area (Å²) >= 11 is 0. The molecule has 9 heteroatoms. The van der Waals surface area contributed by atoms with Crippen molar-refractivity contribution in [3.05, 3.63) is 34.6 Å². The van der Waals surface area contributed by atoms with Crippen molar-refractivity contribution in [3.8, 4) is 0 Å². The van der Waals surface area contributed by atoms with Crippen molar-refractivity contribution in [2.24, 2.45) is 5.92 Å². The summed E-state index contributed by atoms with van der Waals surface area (Å²) in [5.41, 5.74) is -0.671. The molecule has 0 radical (unpaired) electrons. The Balaban J connectivity index is 0.00000132. The predicted molar refractivity (Wildman–Crippen MR) is 80.6 cm³/mol. The standard InChI is InChI=1S/C14H15F5N2.2ClH/c15-9-8(10(16)12(18)13(19)11(9)17)14(7-1-2-7)21-5-3-20-4-6-21;;/h7,14,20H,1-6H2;2*1H/t14-;;/m1../s1. The first kappa shape index (κ1) is 20.4.